The van der Waals surface area contributed by atoms with Crippen molar-refractivity contribution >= 4 is 29.9 Å². The highest BCUT2D eigenvalue weighted by atomic mass is 127. The van der Waals surface area contributed by atoms with Crippen molar-refractivity contribution in [3.05, 3.63) is 29.8 Å². The molecular formula is C18H32IN3O2. The first-order valence-electron chi connectivity index (χ1n) is 8.39. The van der Waals surface area contributed by atoms with Gasteiger partial charge in [0.1, 0.15) is 5.75 Å². The number of ether oxygens (including phenoxy) is 2. The fraction of sp³-hybridized carbons (Fsp3) is 0.611. The standard InChI is InChI=1S/C18H31N3O2.HI/c1-5-22-12-6-11-20-18(19-4)21-13-16-7-9-17(10-8-16)23-14-15(2)3;/h7-10,15H,5-6,11-14H2,1-4H3,(H2,19,20,21);1H. The lowest BCUT2D eigenvalue weighted by Crippen LogP contribution is -2.37. The number of hydrogen-bond donors (Lipinski definition) is 2. The van der Waals surface area contributed by atoms with Crippen molar-refractivity contribution in [3.8, 4) is 5.75 Å². The minimum atomic E-state index is 0. The van der Waals surface area contributed by atoms with E-state index in [1.807, 2.05) is 19.1 Å². The van der Waals surface area contributed by atoms with E-state index in [-0.39, 0.29) is 24.0 Å². The number of halogens is 1. The van der Waals surface area contributed by atoms with E-state index in [9.17, 15) is 0 Å². The van der Waals surface area contributed by atoms with Crippen molar-refractivity contribution in [2.45, 2.75) is 33.7 Å². The minimum Gasteiger partial charge on any atom is -0.493 e. The lowest BCUT2D eigenvalue weighted by atomic mass is 10.2. The maximum Gasteiger partial charge on any atom is 0.191 e. The smallest absolute Gasteiger partial charge is 0.191 e. The molecule has 0 saturated heterocycles. The molecule has 1 rings (SSSR count). The average Bonchev–Trinajstić information content (AvgIpc) is 2.56. The lowest BCUT2D eigenvalue weighted by molar-refractivity contribution is 0.145. The van der Waals surface area contributed by atoms with E-state index in [1.54, 1.807) is 7.05 Å². The molecule has 24 heavy (non-hydrogen) atoms. The van der Waals surface area contributed by atoms with Gasteiger partial charge in [0.25, 0.3) is 0 Å². The zero-order valence-electron chi connectivity index (χ0n) is 15.3. The number of hydrogen-bond acceptors (Lipinski definition) is 3. The molecule has 0 aliphatic carbocycles. The van der Waals surface area contributed by atoms with Gasteiger partial charge in [-0.15, -0.1) is 24.0 Å². The molecule has 0 aliphatic rings. The molecule has 138 valence electrons. The summed E-state index contributed by atoms with van der Waals surface area (Å²) in [4.78, 5) is 4.22. The van der Waals surface area contributed by atoms with Crippen molar-refractivity contribution in [1.29, 1.82) is 0 Å². The Balaban J connectivity index is 0.00000529. The maximum absolute atomic E-state index is 5.69. The molecule has 0 atom stereocenters. The van der Waals surface area contributed by atoms with Crippen LogP contribution in [-0.4, -0.2) is 39.4 Å². The molecule has 0 aliphatic heterocycles. The summed E-state index contributed by atoms with van der Waals surface area (Å²) in [6.07, 6.45) is 0.969. The van der Waals surface area contributed by atoms with Crippen LogP contribution in [-0.2, 0) is 11.3 Å². The third-order valence-electron chi connectivity index (χ3n) is 3.15. The molecule has 1 aromatic rings. The lowest BCUT2D eigenvalue weighted by Gasteiger charge is -2.13. The largest absolute Gasteiger partial charge is 0.493 e. The SMILES string of the molecule is CCOCCCNC(=NC)NCc1ccc(OCC(C)C)cc1.I. The minimum absolute atomic E-state index is 0. The molecule has 0 heterocycles. The van der Waals surface area contributed by atoms with Crippen molar-refractivity contribution in [1.82, 2.24) is 10.6 Å². The molecule has 0 unspecified atom stereocenters. The fourth-order valence-corrected chi connectivity index (χ4v) is 1.90. The summed E-state index contributed by atoms with van der Waals surface area (Å²) in [5.41, 5.74) is 1.19. The summed E-state index contributed by atoms with van der Waals surface area (Å²) in [5.74, 6) is 2.26. The number of guanidine groups is 1. The molecule has 0 amide bonds. The van der Waals surface area contributed by atoms with Gasteiger partial charge in [-0.25, -0.2) is 0 Å². The Hall–Kier alpha value is -1.02. The molecule has 2 N–H and O–H groups in total. The van der Waals surface area contributed by atoms with Gasteiger partial charge in [-0.2, -0.15) is 0 Å². The van der Waals surface area contributed by atoms with E-state index in [0.29, 0.717) is 5.92 Å². The second-order valence-corrected chi connectivity index (χ2v) is 5.75. The second kappa shape index (κ2) is 14.3. The van der Waals surface area contributed by atoms with Crippen molar-refractivity contribution < 1.29 is 9.47 Å². The molecular weight excluding hydrogens is 417 g/mol. The van der Waals surface area contributed by atoms with Crippen LogP contribution >= 0.6 is 24.0 Å². The molecule has 0 fully saturated rings. The van der Waals surface area contributed by atoms with E-state index in [4.69, 9.17) is 9.47 Å². The average molecular weight is 449 g/mol. The topological polar surface area (TPSA) is 54.9 Å². The monoisotopic (exact) mass is 449 g/mol. The van der Waals surface area contributed by atoms with Gasteiger partial charge in [-0.3, -0.25) is 4.99 Å². The van der Waals surface area contributed by atoms with Crippen molar-refractivity contribution in [3.63, 3.8) is 0 Å². The van der Waals surface area contributed by atoms with Crippen molar-refractivity contribution in [2.75, 3.05) is 33.4 Å². The number of rotatable bonds is 10. The molecule has 5 nitrogen and oxygen atoms in total. The Labute approximate surface area is 163 Å². The van der Waals surface area contributed by atoms with Gasteiger partial charge in [0.15, 0.2) is 5.96 Å². The zero-order chi connectivity index (χ0) is 16.9. The molecule has 0 bridgehead atoms. The number of nitrogens with zero attached hydrogens (tertiary/aromatic N) is 1. The Morgan fingerprint density at radius 1 is 1.17 bits per heavy atom. The summed E-state index contributed by atoms with van der Waals surface area (Å²) >= 11 is 0. The molecule has 0 spiro atoms. The summed E-state index contributed by atoms with van der Waals surface area (Å²) in [5, 5.41) is 6.58. The van der Waals surface area contributed by atoms with Gasteiger partial charge < -0.3 is 20.1 Å². The Morgan fingerprint density at radius 3 is 2.46 bits per heavy atom. The highest BCUT2D eigenvalue weighted by Crippen LogP contribution is 2.13. The first-order chi connectivity index (χ1) is 11.2. The quantitative estimate of drug-likeness (QED) is 0.249. The summed E-state index contributed by atoms with van der Waals surface area (Å²) in [6, 6.07) is 8.17. The number of nitrogens with one attached hydrogen (secondary N) is 2. The first kappa shape index (κ1) is 23.0. The highest BCUT2D eigenvalue weighted by molar-refractivity contribution is 14.0. The first-order valence-corrected chi connectivity index (χ1v) is 8.39. The van der Waals surface area contributed by atoms with Crippen LogP contribution in [0.4, 0.5) is 0 Å². The van der Waals surface area contributed by atoms with E-state index in [2.05, 4.69) is 41.6 Å². The van der Waals surface area contributed by atoms with Gasteiger partial charge >= 0.3 is 0 Å². The van der Waals surface area contributed by atoms with Crippen molar-refractivity contribution in [2.24, 2.45) is 10.9 Å². The van der Waals surface area contributed by atoms with E-state index >= 15 is 0 Å². The number of aliphatic imine (C=N–C) groups is 1. The predicted molar refractivity (Wildman–Crippen MR) is 112 cm³/mol. The van der Waals surface area contributed by atoms with E-state index < -0.39 is 0 Å². The predicted octanol–water partition coefficient (Wildman–Crippen LogP) is 3.43. The second-order valence-electron chi connectivity index (χ2n) is 5.75. The van der Waals surface area contributed by atoms with Crippen LogP contribution in [0.25, 0.3) is 0 Å². The molecule has 0 aromatic heterocycles. The van der Waals surface area contributed by atoms with Crippen LogP contribution in [0.15, 0.2) is 29.3 Å². The van der Waals surface area contributed by atoms with Crippen LogP contribution in [0, 0.1) is 5.92 Å². The van der Waals surface area contributed by atoms with Crippen LogP contribution in [0.3, 0.4) is 0 Å². The molecule has 0 radical (unpaired) electrons. The van der Waals surface area contributed by atoms with Gasteiger partial charge in [0, 0.05) is 33.4 Å². The Kier molecular flexibility index (Phi) is 13.7. The van der Waals surface area contributed by atoms with Crippen LogP contribution < -0.4 is 15.4 Å². The van der Waals surface area contributed by atoms with Gasteiger partial charge in [-0.05, 0) is 37.0 Å². The van der Waals surface area contributed by atoms with Crippen LogP contribution in [0.5, 0.6) is 5.75 Å². The normalized spacial score (nSPS) is 11.1. The van der Waals surface area contributed by atoms with Gasteiger partial charge in [0.05, 0.1) is 6.61 Å². The molecule has 1 aromatic carbocycles. The summed E-state index contributed by atoms with van der Waals surface area (Å²) in [7, 11) is 1.78. The maximum atomic E-state index is 5.69. The van der Waals surface area contributed by atoms with Gasteiger partial charge in [0.2, 0.25) is 0 Å². The zero-order valence-corrected chi connectivity index (χ0v) is 17.6. The van der Waals surface area contributed by atoms with E-state index in [0.717, 1.165) is 51.0 Å². The summed E-state index contributed by atoms with van der Waals surface area (Å²) < 4.78 is 11.0. The highest BCUT2D eigenvalue weighted by Gasteiger charge is 2.00. The molecule has 0 saturated carbocycles. The Morgan fingerprint density at radius 2 is 1.88 bits per heavy atom. The number of benzene rings is 1. The summed E-state index contributed by atoms with van der Waals surface area (Å²) in [6.45, 7) is 10.2. The third-order valence-corrected chi connectivity index (χ3v) is 3.15. The van der Waals surface area contributed by atoms with E-state index in [1.165, 1.54) is 5.56 Å². The third kappa shape index (κ3) is 10.7. The van der Waals surface area contributed by atoms with Crippen LogP contribution in [0.2, 0.25) is 0 Å². The Bertz CT molecular complexity index is 450. The molecule has 6 heteroatoms. The van der Waals surface area contributed by atoms with Gasteiger partial charge in [-0.1, -0.05) is 26.0 Å². The van der Waals surface area contributed by atoms with Crippen LogP contribution in [0.1, 0.15) is 32.8 Å². The fourth-order valence-electron chi connectivity index (χ4n) is 1.90.